The normalized spacial score (nSPS) is 8.67. The molecule has 0 aliphatic carbocycles. The molecule has 1 rings (SSSR count). The van der Waals surface area contributed by atoms with Crippen LogP contribution in [0.1, 0.15) is 10.4 Å². The number of aromatic carboxylic acids is 1. The smallest absolute Gasteiger partial charge is 0.545 e. The summed E-state index contributed by atoms with van der Waals surface area (Å²) in [7, 11) is 0. The van der Waals surface area contributed by atoms with E-state index in [1.807, 2.05) is 0 Å². The fourth-order valence-electron chi connectivity index (χ4n) is 0.726. The van der Waals surface area contributed by atoms with Crippen molar-refractivity contribution >= 4 is 11.7 Å². The van der Waals surface area contributed by atoms with Crippen LogP contribution in [0.15, 0.2) is 18.2 Å². The van der Waals surface area contributed by atoms with Crippen molar-refractivity contribution in [3.63, 3.8) is 0 Å². The van der Waals surface area contributed by atoms with Gasteiger partial charge in [0, 0.05) is 5.56 Å². The first-order valence-electron chi connectivity index (χ1n) is 2.91. The van der Waals surface area contributed by atoms with Crippen molar-refractivity contribution in [3.05, 3.63) is 23.8 Å². The Morgan fingerprint density at radius 2 is 2.08 bits per heavy atom. The Hall–Kier alpha value is -0.0736. The third kappa shape index (κ3) is 2.46. The standard InChI is InChI=1S/C7H7NO3.K/c8-5-3-1-2-4(6(5)9)7(10)11;/h1-3,9H,8H2,(H,10,11);/q;+1/p-1. The first-order valence-corrected chi connectivity index (χ1v) is 2.91. The molecule has 4 nitrogen and oxygen atoms in total. The van der Waals surface area contributed by atoms with Gasteiger partial charge in [-0.05, 0) is 12.1 Å². The number of carbonyl (C=O) groups excluding carboxylic acids is 1. The summed E-state index contributed by atoms with van der Waals surface area (Å²) in [6.45, 7) is 0. The second kappa shape index (κ2) is 4.83. The van der Waals surface area contributed by atoms with Crippen molar-refractivity contribution < 1.29 is 66.4 Å². The van der Waals surface area contributed by atoms with E-state index in [0.717, 1.165) is 0 Å². The number of carboxylic acid groups (broad SMARTS) is 1. The van der Waals surface area contributed by atoms with Crippen LogP contribution >= 0.6 is 0 Å². The van der Waals surface area contributed by atoms with Crippen LogP contribution in [-0.2, 0) is 0 Å². The predicted molar refractivity (Wildman–Crippen MR) is 36.8 cm³/mol. The molecule has 0 fully saturated rings. The van der Waals surface area contributed by atoms with Gasteiger partial charge in [-0.25, -0.2) is 0 Å². The van der Waals surface area contributed by atoms with Crippen LogP contribution in [-0.4, -0.2) is 11.1 Å². The van der Waals surface area contributed by atoms with E-state index in [-0.39, 0.29) is 62.6 Å². The van der Waals surface area contributed by atoms with Gasteiger partial charge in [0.25, 0.3) is 0 Å². The molecule has 1 aromatic rings. The van der Waals surface area contributed by atoms with Gasteiger partial charge in [-0.15, -0.1) is 0 Å². The summed E-state index contributed by atoms with van der Waals surface area (Å²) in [6, 6.07) is 4.06. The van der Waals surface area contributed by atoms with Gasteiger partial charge >= 0.3 is 51.4 Å². The molecule has 0 atom stereocenters. The molecule has 12 heavy (non-hydrogen) atoms. The van der Waals surface area contributed by atoms with Crippen molar-refractivity contribution in [2.45, 2.75) is 0 Å². The van der Waals surface area contributed by atoms with Crippen LogP contribution in [0.4, 0.5) is 5.69 Å². The quantitative estimate of drug-likeness (QED) is 0.272. The first kappa shape index (κ1) is 11.9. The molecule has 0 radical (unpaired) electrons. The molecular formula is C7H6KNO3. The summed E-state index contributed by atoms with van der Waals surface area (Å²) >= 11 is 0. The number of benzene rings is 1. The van der Waals surface area contributed by atoms with Gasteiger partial charge in [-0.1, -0.05) is 6.07 Å². The number of hydrogen-bond acceptors (Lipinski definition) is 4. The molecule has 0 aliphatic rings. The van der Waals surface area contributed by atoms with E-state index in [4.69, 9.17) is 10.8 Å². The first-order chi connectivity index (χ1) is 5.13. The van der Waals surface area contributed by atoms with Crippen molar-refractivity contribution in [3.8, 4) is 5.75 Å². The molecule has 0 saturated carbocycles. The van der Waals surface area contributed by atoms with E-state index >= 15 is 0 Å². The van der Waals surface area contributed by atoms with E-state index in [1.165, 1.54) is 18.2 Å². The summed E-state index contributed by atoms with van der Waals surface area (Å²) in [6.07, 6.45) is 0. The zero-order valence-electron chi connectivity index (χ0n) is 6.57. The molecule has 0 aliphatic heterocycles. The number of carbonyl (C=O) groups is 1. The molecule has 0 amide bonds. The summed E-state index contributed by atoms with van der Waals surface area (Å²) in [5.74, 6) is -1.87. The Morgan fingerprint density at radius 3 is 2.50 bits per heavy atom. The summed E-state index contributed by atoms with van der Waals surface area (Å²) in [5, 5.41) is 19.3. The van der Waals surface area contributed by atoms with Gasteiger partial charge in [-0.2, -0.15) is 0 Å². The maximum absolute atomic E-state index is 10.2. The van der Waals surface area contributed by atoms with Crippen LogP contribution < -0.4 is 62.2 Å². The number of carboxylic acids is 1. The minimum absolute atomic E-state index is 0. The van der Waals surface area contributed by atoms with Gasteiger partial charge < -0.3 is 20.7 Å². The average molecular weight is 191 g/mol. The van der Waals surface area contributed by atoms with Gasteiger partial charge in [0.05, 0.1) is 11.7 Å². The minimum Gasteiger partial charge on any atom is -0.545 e. The Kier molecular flexibility index (Phi) is 4.80. The number of rotatable bonds is 1. The number of nitrogen functional groups attached to an aromatic ring is 1. The number of anilines is 1. The molecule has 0 unspecified atom stereocenters. The van der Waals surface area contributed by atoms with Crippen LogP contribution in [0.25, 0.3) is 0 Å². The maximum Gasteiger partial charge on any atom is 1.00 e. The zero-order chi connectivity index (χ0) is 8.43. The average Bonchev–Trinajstić information content (AvgIpc) is 1.94. The molecule has 58 valence electrons. The molecule has 5 heteroatoms. The van der Waals surface area contributed by atoms with Gasteiger partial charge in [0.15, 0.2) is 0 Å². The Bertz CT molecular complexity index is 301. The molecule has 0 saturated heterocycles. The van der Waals surface area contributed by atoms with Gasteiger partial charge in [0.1, 0.15) is 5.75 Å². The number of para-hydroxylation sites is 1. The number of hydrogen-bond donors (Lipinski definition) is 2. The molecule has 1 aromatic carbocycles. The Morgan fingerprint density at radius 1 is 1.50 bits per heavy atom. The Labute approximate surface area is 112 Å². The Balaban J connectivity index is 0.00000121. The monoisotopic (exact) mass is 191 g/mol. The predicted octanol–water partition coefficient (Wildman–Crippen LogP) is -3.66. The largest absolute Gasteiger partial charge is 1.00 e. The van der Waals surface area contributed by atoms with Gasteiger partial charge in [-0.3, -0.25) is 0 Å². The van der Waals surface area contributed by atoms with Crippen LogP contribution in [0.2, 0.25) is 0 Å². The molecule has 0 bridgehead atoms. The molecule has 0 spiro atoms. The molecule has 3 N–H and O–H groups in total. The summed E-state index contributed by atoms with van der Waals surface area (Å²) in [5.41, 5.74) is 4.96. The van der Waals surface area contributed by atoms with Crippen LogP contribution in [0.3, 0.4) is 0 Å². The van der Waals surface area contributed by atoms with E-state index in [2.05, 4.69) is 0 Å². The second-order valence-electron chi connectivity index (χ2n) is 2.03. The zero-order valence-corrected chi connectivity index (χ0v) is 9.70. The van der Waals surface area contributed by atoms with Crippen molar-refractivity contribution in [1.29, 1.82) is 0 Å². The van der Waals surface area contributed by atoms with Crippen LogP contribution in [0, 0.1) is 0 Å². The summed E-state index contributed by atoms with van der Waals surface area (Å²) < 4.78 is 0. The van der Waals surface area contributed by atoms with Gasteiger partial charge in [0.2, 0.25) is 0 Å². The molecule has 0 heterocycles. The maximum atomic E-state index is 10.2. The van der Waals surface area contributed by atoms with Crippen LogP contribution in [0.5, 0.6) is 5.75 Å². The summed E-state index contributed by atoms with van der Waals surface area (Å²) in [4.78, 5) is 10.2. The fraction of sp³-hybridized carbons (Fsp3) is 0. The third-order valence-electron chi connectivity index (χ3n) is 1.29. The SMILES string of the molecule is Nc1cccc(C(=O)[O-])c1O.[K+]. The fourth-order valence-corrected chi connectivity index (χ4v) is 0.726. The number of nitrogens with two attached hydrogens (primary N) is 1. The van der Waals surface area contributed by atoms with Crippen molar-refractivity contribution in [2.24, 2.45) is 0 Å². The van der Waals surface area contributed by atoms with Crippen molar-refractivity contribution in [2.75, 3.05) is 5.73 Å². The topological polar surface area (TPSA) is 86.4 Å². The second-order valence-corrected chi connectivity index (χ2v) is 2.03. The van der Waals surface area contributed by atoms with E-state index in [9.17, 15) is 9.90 Å². The minimum atomic E-state index is -1.44. The van der Waals surface area contributed by atoms with Crippen molar-refractivity contribution in [1.82, 2.24) is 0 Å². The third-order valence-corrected chi connectivity index (χ3v) is 1.29. The molecular weight excluding hydrogens is 185 g/mol. The van der Waals surface area contributed by atoms with E-state index < -0.39 is 11.7 Å². The molecule has 0 aromatic heterocycles. The number of phenols is 1. The van der Waals surface area contributed by atoms with E-state index in [0.29, 0.717) is 0 Å². The number of aromatic hydroxyl groups is 1. The van der Waals surface area contributed by atoms with E-state index in [1.54, 1.807) is 0 Å².